The van der Waals surface area contributed by atoms with Crippen LogP contribution < -0.4 is 9.47 Å². The molecule has 1 aliphatic heterocycles. The van der Waals surface area contributed by atoms with Crippen molar-refractivity contribution in [2.24, 2.45) is 0 Å². The molecule has 0 aromatic heterocycles. The van der Waals surface area contributed by atoms with Crippen molar-refractivity contribution in [2.75, 3.05) is 0 Å². The number of ether oxygens (including phenoxy) is 2. The van der Waals surface area contributed by atoms with Gasteiger partial charge in [-0.25, -0.2) is 4.39 Å². The summed E-state index contributed by atoms with van der Waals surface area (Å²) in [6, 6.07) is 9.11. The number of benzene rings is 2. The van der Waals surface area contributed by atoms with Crippen molar-refractivity contribution >= 4 is 11.6 Å². The molecule has 124 valence electrons. The summed E-state index contributed by atoms with van der Waals surface area (Å²) >= 11 is 0. The number of carbonyl (C=O) groups is 2. The lowest BCUT2D eigenvalue weighted by molar-refractivity contribution is -0.286. The van der Waals surface area contributed by atoms with Crippen molar-refractivity contribution in [3.8, 4) is 11.5 Å². The molecular formula is C17H11F3O4. The number of carbonyl (C=O) groups excluding carboxylic acids is 2. The summed E-state index contributed by atoms with van der Waals surface area (Å²) in [5.74, 6) is -2.01. The largest absolute Gasteiger partial charge is 0.586 e. The van der Waals surface area contributed by atoms with Crippen LogP contribution in [0.5, 0.6) is 11.5 Å². The Kier molecular flexibility index (Phi) is 4.01. The highest BCUT2D eigenvalue weighted by atomic mass is 19.3. The number of Topliss-reactive ketones (excluding diaryl/α,β-unsaturated/α-hetero) is 2. The predicted octanol–water partition coefficient (Wildman–Crippen LogP) is 3.99. The van der Waals surface area contributed by atoms with E-state index in [1.54, 1.807) is 0 Å². The summed E-state index contributed by atoms with van der Waals surface area (Å²) in [5.41, 5.74) is 0.0204. The van der Waals surface area contributed by atoms with E-state index in [4.69, 9.17) is 0 Å². The fourth-order valence-electron chi connectivity index (χ4n) is 2.32. The molecule has 4 nitrogen and oxygen atoms in total. The van der Waals surface area contributed by atoms with Crippen LogP contribution >= 0.6 is 0 Å². The van der Waals surface area contributed by atoms with Crippen LogP contribution in [0.1, 0.15) is 33.6 Å². The van der Waals surface area contributed by atoms with Crippen molar-refractivity contribution in [3.63, 3.8) is 0 Å². The molecule has 3 rings (SSSR count). The second kappa shape index (κ2) is 5.99. The van der Waals surface area contributed by atoms with E-state index in [0.717, 1.165) is 12.1 Å². The van der Waals surface area contributed by atoms with Crippen molar-refractivity contribution in [2.45, 2.75) is 19.1 Å². The third-order valence-corrected chi connectivity index (χ3v) is 3.48. The van der Waals surface area contributed by atoms with Crippen LogP contribution in [0.25, 0.3) is 0 Å². The van der Waals surface area contributed by atoms with E-state index in [0.29, 0.717) is 0 Å². The Bertz CT molecular complexity index is 817. The predicted molar refractivity (Wildman–Crippen MR) is 76.9 cm³/mol. The highest BCUT2D eigenvalue weighted by molar-refractivity contribution is 6.02. The zero-order valence-corrected chi connectivity index (χ0v) is 12.2. The fraction of sp³-hybridized carbons (Fsp3) is 0.176. The van der Waals surface area contributed by atoms with Gasteiger partial charge in [-0.05, 0) is 30.3 Å². The van der Waals surface area contributed by atoms with Crippen LogP contribution in [0.2, 0.25) is 0 Å². The van der Waals surface area contributed by atoms with Gasteiger partial charge in [-0.2, -0.15) is 0 Å². The van der Waals surface area contributed by atoms with Gasteiger partial charge in [-0.15, -0.1) is 8.78 Å². The smallest absolute Gasteiger partial charge is 0.395 e. The third-order valence-electron chi connectivity index (χ3n) is 3.48. The van der Waals surface area contributed by atoms with Crippen LogP contribution in [0.4, 0.5) is 13.2 Å². The molecule has 0 spiro atoms. The summed E-state index contributed by atoms with van der Waals surface area (Å²) in [6.07, 6.45) is -4.13. The maximum atomic E-state index is 13.5. The second-order valence-electron chi connectivity index (χ2n) is 5.16. The van der Waals surface area contributed by atoms with Crippen molar-refractivity contribution < 1.29 is 32.2 Å². The first kappa shape index (κ1) is 16.0. The van der Waals surface area contributed by atoms with Crippen molar-refractivity contribution in [1.82, 2.24) is 0 Å². The van der Waals surface area contributed by atoms with Crippen molar-refractivity contribution in [1.29, 1.82) is 0 Å². The van der Waals surface area contributed by atoms with Gasteiger partial charge in [0.15, 0.2) is 23.1 Å². The first-order chi connectivity index (χ1) is 11.4. The summed E-state index contributed by atoms with van der Waals surface area (Å²) in [6.45, 7) is 0. The molecule has 2 aromatic rings. The zero-order valence-electron chi connectivity index (χ0n) is 12.2. The Hall–Kier alpha value is -2.83. The molecule has 0 N–H and O–H groups in total. The molecule has 0 atom stereocenters. The van der Waals surface area contributed by atoms with E-state index in [-0.39, 0.29) is 35.5 Å². The molecule has 0 fully saturated rings. The first-order valence-corrected chi connectivity index (χ1v) is 7.06. The van der Waals surface area contributed by atoms with E-state index >= 15 is 0 Å². The van der Waals surface area contributed by atoms with Gasteiger partial charge in [-0.3, -0.25) is 9.59 Å². The van der Waals surface area contributed by atoms with E-state index in [2.05, 4.69) is 9.47 Å². The molecule has 1 aliphatic rings. The fourth-order valence-corrected chi connectivity index (χ4v) is 2.32. The molecule has 0 amide bonds. The molecule has 0 bridgehead atoms. The Balaban J connectivity index is 1.66. The maximum absolute atomic E-state index is 13.5. The number of hydrogen-bond acceptors (Lipinski definition) is 4. The lowest BCUT2D eigenvalue weighted by atomic mass is 10.0. The summed E-state index contributed by atoms with van der Waals surface area (Å²) in [4.78, 5) is 24.0. The van der Waals surface area contributed by atoms with Gasteiger partial charge in [0, 0.05) is 18.4 Å². The normalized spacial score (nSPS) is 14.5. The average molecular weight is 336 g/mol. The monoisotopic (exact) mass is 336 g/mol. The molecule has 24 heavy (non-hydrogen) atoms. The van der Waals surface area contributed by atoms with Gasteiger partial charge in [0.1, 0.15) is 5.82 Å². The minimum Gasteiger partial charge on any atom is -0.395 e. The van der Waals surface area contributed by atoms with E-state index < -0.39 is 23.7 Å². The van der Waals surface area contributed by atoms with Crippen LogP contribution in [-0.4, -0.2) is 17.9 Å². The van der Waals surface area contributed by atoms with Crippen LogP contribution in [-0.2, 0) is 0 Å². The Morgan fingerprint density at radius 3 is 2.33 bits per heavy atom. The van der Waals surface area contributed by atoms with Crippen molar-refractivity contribution in [3.05, 3.63) is 59.4 Å². The summed E-state index contributed by atoms with van der Waals surface area (Å²) in [7, 11) is 0. The third kappa shape index (κ3) is 3.24. The van der Waals surface area contributed by atoms with Gasteiger partial charge in [0.05, 0.1) is 5.56 Å². The van der Waals surface area contributed by atoms with Crippen LogP contribution in [0.15, 0.2) is 42.5 Å². The van der Waals surface area contributed by atoms with E-state index in [1.807, 2.05) is 0 Å². The van der Waals surface area contributed by atoms with Gasteiger partial charge >= 0.3 is 6.29 Å². The van der Waals surface area contributed by atoms with Gasteiger partial charge in [-0.1, -0.05) is 12.1 Å². The van der Waals surface area contributed by atoms with E-state index in [1.165, 1.54) is 30.3 Å². The number of alkyl halides is 2. The molecule has 2 aromatic carbocycles. The molecule has 0 radical (unpaired) electrons. The lowest BCUT2D eigenvalue weighted by Crippen LogP contribution is -2.25. The van der Waals surface area contributed by atoms with Crippen LogP contribution in [0, 0.1) is 5.82 Å². The van der Waals surface area contributed by atoms with Gasteiger partial charge in [0.2, 0.25) is 0 Å². The SMILES string of the molecule is O=C(CCC(=O)c1ccccc1F)c1ccc2c(c1)OC(F)(F)O2. The number of rotatable bonds is 5. The minimum absolute atomic E-state index is 0.0874. The lowest BCUT2D eigenvalue weighted by Gasteiger charge is -2.04. The number of ketones is 2. The second-order valence-corrected chi connectivity index (χ2v) is 5.16. The van der Waals surface area contributed by atoms with Gasteiger partial charge in [0.25, 0.3) is 0 Å². The van der Waals surface area contributed by atoms with E-state index in [9.17, 15) is 22.8 Å². The maximum Gasteiger partial charge on any atom is 0.586 e. The summed E-state index contributed by atoms with van der Waals surface area (Å²) < 4.78 is 47.9. The first-order valence-electron chi connectivity index (χ1n) is 7.06. The Morgan fingerprint density at radius 2 is 1.58 bits per heavy atom. The molecule has 0 aliphatic carbocycles. The summed E-state index contributed by atoms with van der Waals surface area (Å²) in [5, 5.41) is 0. The average Bonchev–Trinajstić information content (AvgIpc) is 2.85. The standard InChI is InChI=1S/C17H11F3O4/c18-12-4-2-1-3-11(12)14(22)7-6-13(21)10-5-8-15-16(9-10)24-17(19,20)23-15/h1-5,8-9H,6-7H2. The zero-order chi connectivity index (χ0) is 17.3. The number of halogens is 3. The molecule has 1 heterocycles. The highest BCUT2D eigenvalue weighted by Gasteiger charge is 2.43. The molecule has 0 saturated carbocycles. The Morgan fingerprint density at radius 1 is 0.917 bits per heavy atom. The van der Waals surface area contributed by atoms with Gasteiger partial charge < -0.3 is 9.47 Å². The quantitative estimate of drug-likeness (QED) is 0.775. The molecular weight excluding hydrogens is 325 g/mol. The topological polar surface area (TPSA) is 52.6 Å². The molecule has 0 saturated heterocycles. The number of fused-ring (bicyclic) bond motifs is 1. The Labute approximate surface area is 134 Å². The molecule has 7 heteroatoms. The highest BCUT2D eigenvalue weighted by Crippen LogP contribution is 2.41. The number of hydrogen-bond donors (Lipinski definition) is 0. The minimum atomic E-state index is -3.76. The molecule has 0 unspecified atom stereocenters. The van der Waals surface area contributed by atoms with Crippen LogP contribution in [0.3, 0.4) is 0 Å².